The highest BCUT2D eigenvalue weighted by molar-refractivity contribution is 7.99. The van der Waals surface area contributed by atoms with E-state index in [0.717, 1.165) is 11.7 Å². The number of nitrogens with two attached hydrogens (primary N) is 1. The molecule has 1 fully saturated rings. The molecule has 1 aromatic carbocycles. The fraction of sp³-hybridized carbons (Fsp3) is 0.455. The number of quaternary nitrogens is 2. The van der Waals surface area contributed by atoms with Crippen molar-refractivity contribution in [1.82, 2.24) is 0 Å². The molecular formula is C11H18Br2N2S. The van der Waals surface area contributed by atoms with Gasteiger partial charge in [0.05, 0.1) is 23.2 Å². The van der Waals surface area contributed by atoms with Crippen LogP contribution >= 0.6 is 11.8 Å². The Morgan fingerprint density at radius 1 is 1.31 bits per heavy atom. The lowest BCUT2D eigenvalue weighted by atomic mass is 10.3. The summed E-state index contributed by atoms with van der Waals surface area (Å²) in [6, 6.07) is 9.23. The third-order valence-corrected chi connectivity index (χ3v) is 4.01. The van der Waals surface area contributed by atoms with Crippen molar-refractivity contribution in [3.05, 3.63) is 24.3 Å². The van der Waals surface area contributed by atoms with E-state index in [9.17, 15) is 0 Å². The van der Waals surface area contributed by atoms with Gasteiger partial charge in [0.25, 0.3) is 0 Å². The Kier molecular flexibility index (Phi) is 8.77. The third kappa shape index (κ3) is 4.75. The average molecular weight is 370 g/mol. The summed E-state index contributed by atoms with van der Waals surface area (Å²) in [6.07, 6.45) is 2.77. The predicted octanol–water partition coefficient (Wildman–Crippen LogP) is -5.61. The zero-order chi connectivity index (χ0) is 9.80. The lowest BCUT2D eigenvalue weighted by molar-refractivity contribution is -0.665. The summed E-state index contributed by atoms with van der Waals surface area (Å²) < 4.78 is 0. The summed E-state index contributed by atoms with van der Waals surface area (Å²) in [7, 11) is 0. The van der Waals surface area contributed by atoms with Gasteiger partial charge in [0.15, 0.2) is 0 Å². The molecule has 5 heteroatoms. The number of rotatable bonds is 3. The molecule has 0 amide bonds. The van der Waals surface area contributed by atoms with Crippen molar-refractivity contribution < 1.29 is 45.0 Å². The number of hydrogen-bond donors (Lipinski definition) is 2. The van der Waals surface area contributed by atoms with Gasteiger partial charge in [0, 0.05) is 18.9 Å². The summed E-state index contributed by atoms with van der Waals surface area (Å²) >= 11 is 1.95. The van der Waals surface area contributed by atoms with Crippen LogP contribution in [0.3, 0.4) is 0 Å². The Morgan fingerprint density at radius 2 is 2.06 bits per heavy atom. The van der Waals surface area contributed by atoms with E-state index < -0.39 is 0 Å². The highest BCUT2D eigenvalue weighted by Gasteiger charge is 2.18. The molecule has 0 unspecified atom stereocenters. The molecule has 16 heavy (non-hydrogen) atoms. The summed E-state index contributed by atoms with van der Waals surface area (Å²) in [4.78, 5) is 1.34. The maximum absolute atomic E-state index is 4.03. The van der Waals surface area contributed by atoms with Gasteiger partial charge in [0.1, 0.15) is 5.69 Å². The van der Waals surface area contributed by atoms with Crippen LogP contribution in [0.1, 0.15) is 12.8 Å². The van der Waals surface area contributed by atoms with Crippen molar-refractivity contribution in [2.75, 3.05) is 12.3 Å². The van der Waals surface area contributed by atoms with Gasteiger partial charge in [-0.2, -0.15) is 0 Å². The first-order valence-corrected chi connectivity index (χ1v) is 6.22. The summed E-state index contributed by atoms with van der Waals surface area (Å²) in [5.74, 6) is 1.23. The van der Waals surface area contributed by atoms with Crippen LogP contribution in [-0.2, 0) is 0 Å². The second-order valence-electron chi connectivity index (χ2n) is 3.85. The zero-order valence-electron chi connectivity index (χ0n) is 9.16. The van der Waals surface area contributed by atoms with Crippen LogP contribution in [0.2, 0.25) is 0 Å². The molecule has 2 rings (SSSR count). The fourth-order valence-electron chi connectivity index (χ4n) is 1.84. The standard InChI is InChI=1S/C11H16N2S.2BrH/c12-10-5-1-2-6-11(10)14-8-9-4-3-7-13-9;;/h1-2,5-6,9,13H,3-4,7-8,12H2;2*1H/t9-;;/m0../s1. The molecule has 0 aliphatic carbocycles. The van der Waals surface area contributed by atoms with E-state index in [2.05, 4.69) is 29.2 Å². The van der Waals surface area contributed by atoms with Crippen LogP contribution in [-0.4, -0.2) is 18.3 Å². The maximum Gasteiger partial charge on any atom is 0.141 e. The number of thioether (sulfide) groups is 1. The molecule has 0 bridgehead atoms. The normalized spacial score (nSPS) is 18.7. The molecule has 5 N–H and O–H groups in total. The zero-order valence-corrected chi connectivity index (χ0v) is 13.2. The van der Waals surface area contributed by atoms with Crippen molar-refractivity contribution >= 4 is 17.4 Å². The van der Waals surface area contributed by atoms with Crippen molar-refractivity contribution in [3.8, 4) is 0 Å². The van der Waals surface area contributed by atoms with Crippen molar-refractivity contribution in [2.45, 2.75) is 23.8 Å². The molecule has 0 radical (unpaired) electrons. The number of benzene rings is 1. The minimum atomic E-state index is 0. The molecule has 0 saturated carbocycles. The summed E-state index contributed by atoms with van der Waals surface area (Å²) in [5.41, 5.74) is 5.20. The van der Waals surface area contributed by atoms with Crippen molar-refractivity contribution in [2.24, 2.45) is 0 Å². The monoisotopic (exact) mass is 368 g/mol. The molecular weight excluding hydrogens is 352 g/mol. The maximum atomic E-state index is 4.03. The van der Waals surface area contributed by atoms with Crippen molar-refractivity contribution in [3.63, 3.8) is 0 Å². The third-order valence-electron chi connectivity index (χ3n) is 2.70. The highest BCUT2D eigenvalue weighted by atomic mass is 79.9. The first-order chi connectivity index (χ1) is 6.86. The molecule has 0 aromatic heterocycles. The van der Waals surface area contributed by atoms with Gasteiger partial charge in [-0.25, -0.2) is 0 Å². The number of halogens is 2. The first kappa shape index (κ1) is 16.4. The molecule has 92 valence electrons. The van der Waals surface area contributed by atoms with Crippen LogP contribution in [0.4, 0.5) is 5.69 Å². The predicted molar refractivity (Wildman–Crippen MR) is 59.5 cm³/mol. The SMILES string of the molecule is [Br-].[Br-].[NH3+]c1ccccc1SC[C@@H]1CCC[NH2+]1. The minimum Gasteiger partial charge on any atom is -1.00 e. The van der Waals surface area contributed by atoms with Gasteiger partial charge in [-0.1, -0.05) is 12.1 Å². The Morgan fingerprint density at radius 3 is 2.69 bits per heavy atom. The molecule has 0 spiro atoms. The Labute approximate surface area is 122 Å². The molecule has 2 nitrogen and oxygen atoms in total. The van der Waals surface area contributed by atoms with Crippen molar-refractivity contribution in [1.29, 1.82) is 0 Å². The van der Waals surface area contributed by atoms with E-state index in [-0.39, 0.29) is 34.0 Å². The van der Waals surface area contributed by atoms with Gasteiger partial charge in [-0.05, 0) is 6.07 Å². The van der Waals surface area contributed by atoms with E-state index >= 15 is 0 Å². The number of hydrogen-bond acceptors (Lipinski definition) is 1. The van der Waals surface area contributed by atoms with Gasteiger partial charge >= 0.3 is 0 Å². The average Bonchev–Trinajstić information content (AvgIpc) is 2.69. The Hall–Kier alpha value is 0.450. The molecule has 1 saturated heterocycles. The molecule has 1 heterocycles. The second-order valence-corrected chi connectivity index (χ2v) is 4.91. The molecule has 1 aliphatic rings. The van der Waals surface area contributed by atoms with Gasteiger partial charge < -0.3 is 45.0 Å². The fourth-order valence-corrected chi connectivity index (χ4v) is 2.97. The largest absolute Gasteiger partial charge is 1.00 e. The second kappa shape index (κ2) is 8.53. The van der Waals surface area contributed by atoms with Gasteiger partial charge in [-0.3, -0.25) is 0 Å². The summed E-state index contributed by atoms with van der Waals surface area (Å²) in [6.45, 7) is 1.32. The minimum absolute atomic E-state index is 0. The lowest BCUT2D eigenvalue weighted by Crippen LogP contribution is -3.00. The van der Waals surface area contributed by atoms with Crippen LogP contribution in [0.5, 0.6) is 0 Å². The van der Waals surface area contributed by atoms with E-state index in [4.69, 9.17) is 0 Å². The van der Waals surface area contributed by atoms with Gasteiger partial charge in [-0.15, -0.1) is 11.8 Å². The van der Waals surface area contributed by atoms with E-state index in [1.54, 1.807) is 0 Å². The first-order valence-electron chi connectivity index (χ1n) is 5.23. The Bertz CT molecular complexity index is 304. The van der Waals surface area contributed by atoms with Crippen LogP contribution in [0.15, 0.2) is 29.2 Å². The van der Waals surface area contributed by atoms with E-state index in [1.165, 1.54) is 30.0 Å². The quantitative estimate of drug-likeness (QED) is 0.513. The van der Waals surface area contributed by atoms with Crippen LogP contribution < -0.4 is 45.0 Å². The van der Waals surface area contributed by atoms with E-state index in [0.29, 0.717) is 0 Å². The smallest absolute Gasteiger partial charge is 0.141 e. The lowest BCUT2D eigenvalue weighted by Gasteiger charge is -2.06. The van der Waals surface area contributed by atoms with Crippen LogP contribution in [0, 0.1) is 0 Å². The van der Waals surface area contributed by atoms with E-state index in [1.807, 2.05) is 17.8 Å². The topological polar surface area (TPSA) is 44.2 Å². The highest BCUT2D eigenvalue weighted by Crippen LogP contribution is 2.24. The molecule has 1 atom stereocenters. The summed E-state index contributed by atoms with van der Waals surface area (Å²) in [5, 5.41) is 2.47. The molecule has 1 aliphatic heterocycles. The van der Waals surface area contributed by atoms with Gasteiger partial charge in [0.2, 0.25) is 0 Å². The Balaban J connectivity index is 0.00000112. The molecule has 1 aromatic rings. The van der Waals surface area contributed by atoms with Crippen LogP contribution in [0.25, 0.3) is 0 Å².